The van der Waals surface area contributed by atoms with Crippen molar-refractivity contribution < 1.29 is 24.2 Å². The minimum atomic E-state index is -0.288. The quantitative estimate of drug-likeness (QED) is 0.223. The Kier molecular flexibility index (Phi) is 12.9. The van der Waals surface area contributed by atoms with Gasteiger partial charge in [0.2, 0.25) is 0 Å². The normalized spacial score (nSPS) is 9.62. The number of aliphatic hydroxyl groups is 1. The maximum atomic E-state index is 11.6. The smallest absolute Gasteiger partial charge is 0.338 e. The van der Waals surface area contributed by atoms with E-state index in [0.717, 1.165) is 16.7 Å². The van der Waals surface area contributed by atoms with Crippen molar-refractivity contribution >= 4 is 11.9 Å². The van der Waals surface area contributed by atoms with Crippen LogP contribution in [0.1, 0.15) is 37.4 Å². The van der Waals surface area contributed by atoms with E-state index in [4.69, 9.17) is 14.6 Å². The zero-order chi connectivity index (χ0) is 28.3. The zero-order valence-electron chi connectivity index (χ0n) is 22.1. The van der Waals surface area contributed by atoms with Crippen LogP contribution in [0.4, 0.5) is 0 Å². The lowest BCUT2D eigenvalue weighted by atomic mass is 10.2. The van der Waals surface area contributed by atoms with E-state index in [1.165, 1.54) is 0 Å². The fourth-order valence-corrected chi connectivity index (χ4v) is 3.34. The van der Waals surface area contributed by atoms with Crippen molar-refractivity contribution in [3.63, 3.8) is 0 Å². The van der Waals surface area contributed by atoms with Gasteiger partial charge in [-0.05, 0) is 41.0 Å². The van der Waals surface area contributed by atoms with E-state index >= 15 is 0 Å². The molecular weight excluding hydrogens is 500 g/mol. The highest BCUT2D eigenvalue weighted by atomic mass is 16.5. The Bertz CT molecular complexity index is 1280. The molecule has 5 rings (SSSR count). The van der Waals surface area contributed by atoms with Crippen LogP contribution in [0.3, 0.4) is 0 Å². The molecule has 1 N–H and O–H groups in total. The van der Waals surface area contributed by atoms with Gasteiger partial charge in [-0.15, -0.1) is 0 Å². The largest absolute Gasteiger partial charge is 0.457 e. The highest BCUT2D eigenvalue weighted by molar-refractivity contribution is 5.89. The van der Waals surface area contributed by atoms with Crippen LogP contribution in [0.15, 0.2) is 152 Å². The number of carbonyl (C=O) groups excluding carboxylic acids is 2. The molecule has 0 bridgehead atoms. The fraction of sp³-hybridized carbons (Fsp3) is 0.0857. The van der Waals surface area contributed by atoms with Crippen LogP contribution in [-0.2, 0) is 29.3 Å². The van der Waals surface area contributed by atoms with Gasteiger partial charge in [0.25, 0.3) is 0 Å². The molecule has 0 atom stereocenters. The molecule has 0 amide bonds. The van der Waals surface area contributed by atoms with Crippen LogP contribution in [0, 0.1) is 0 Å². The van der Waals surface area contributed by atoms with Crippen LogP contribution < -0.4 is 0 Å². The van der Waals surface area contributed by atoms with Crippen molar-refractivity contribution in [2.24, 2.45) is 0 Å². The zero-order valence-corrected chi connectivity index (χ0v) is 22.1. The molecule has 0 aliphatic heterocycles. The Morgan fingerprint density at radius 1 is 0.425 bits per heavy atom. The first kappa shape index (κ1) is 29.6. The van der Waals surface area contributed by atoms with Gasteiger partial charge in [-0.3, -0.25) is 0 Å². The topological polar surface area (TPSA) is 72.8 Å². The van der Waals surface area contributed by atoms with E-state index in [0.29, 0.717) is 24.3 Å². The minimum Gasteiger partial charge on any atom is -0.457 e. The van der Waals surface area contributed by atoms with Gasteiger partial charge < -0.3 is 14.6 Å². The van der Waals surface area contributed by atoms with Crippen LogP contribution in [0.5, 0.6) is 0 Å². The maximum Gasteiger partial charge on any atom is 0.338 e. The number of rotatable bonds is 7. The third-order valence-electron chi connectivity index (χ3n) is 5.47. The van der Waals surface area contributed by atoms with E-state index in [-0.39, 0.29) is 18.5 Å². The molecule has 5 aromatic rings. The van der Waals surface area contributed by atoms with Crippen molar-refractivity contribution in [1.82, 2.24) is 0 Å². The molecule has 0 aromatic heterocycles. The Labute approximate surface area is 235 Å². The summed E-state index contributed by atoms with van der Waals surface area (Å²) in [5.41, 5.74) is 4.11. The number of hydrogen-bond donors (Lipinski definition) is 1. The van der Waals surface area contributed by atoms with Crippen molar-refractivity contribution in [3.05, 3.63) is 179 Å². The average molecular weight is 533 g/mol. The monoisotopic (exact) mass is 532 g/mol. The molecule has 0 aliphatic carbocycles. The van der Waals surface area contributed by atoms with Gasteiger partial charge in [-0.2, -0.15) is 0 Å². The lowest BCUT2D eigenvalue weighted by Crippen LogP contribution is -2.04. The summed E-state index contributed by atoms with van der Waals surface area (Å²) in [6.07, 6.45) is 0. The molecule has 5 heteroatoms. The second kappa shape index (κ2) is 17.5. The number of hydrogen-bond acceptors (Lipinski definition) is 5. The first-order valence-corrected chi connectivity index (χ1v) is 12.8. The summed E-state index contributed by atoms with van der Waals surface area (Å²) in [6.45, 7) is 0.768. The minimum absolute atomic E-state index is 0.140. The van der Waals surface area contributed by atoms with Crippen molar-refractivity contribution in [3.8, 4) is 0 Å². The first-order chi connectivity index (χ1) is 19.7. The van der Waals surface area contributed by atoms with Crippen LogP contribution in [0.25, 0.3) is 0 Å². The van der Waals surface area contributed by atoms with Gasteiger partial charge >= 0.3 is 11.9 Å². The van der Waals surface area contributed by atoms with Gasteiger partial charge in [0, 0.05) is 0 Å². The predicted molar refractivity (Wildman–Crippen MR) is 156 cm³/mol. The second-order valence-electron chi connectivity index (χ2n) is 8.50. The number of benzene rings is 5. The molecule has 0 radical (unpaired) electrons. The molecule has 5 aromatic carbocycles. The second-order valence-corrected chi connectivity index (χ2v) is 8.50. The van der Waals surface area contributed by atoms with E-state index in [9.17, 15) is 9.59 Å². The summed E-state index contributed by atoms with van der Waals surface area (Å²) >= 11 is 0. The summed E-state index contributed by atoms with van der Waals surface area (Å²) in [7, 11) is 0. The summed E-state index contributed by atoms with van der Waals surface area (Å²) < 4.78 is 10.4. The molecule has 0 unspecified atom stereocenters. The van der Waals surface area contributed by atoms with E-state index in [2.05, 4.69) is 0 Å². The Morgan fingerprint density at radius 3 is 0.975 bits per heavy atom. The Balaban J connectivity index is 0.000000175. The number of ether oxygens (including phenoxy) is 2. The van der Waals surface area contributed by atoms with E-state index in [1.54, 1.807) is 24.3 Å². The molecule has 5 nitrogen and oxygen atoms in total. The predicted octanol–water partition coefficient (Wildman–Crippen LogP) is 7.27. The van der Waals surface area contributed by atoms with Gasteiger partial charge in [0.15, 0.2) is 0 Å². The summed E-state index contributed by atoms with van der Waals surface area (Å²) in [5.74, 6) is -0.575. The lowest BCUT2D eigenvalue weighted by Gasteiger charge is -2.04. The van der Waals surface area contributed by atoms with Crippen LogP contribution in [-0.4, -0.2) is 17.0 Å². The van der Waals surface area contributed by atoms with Gasteiger partial charge in [0.1, 0.15) is 13.2 Å². The molecule has 0 spiro atoms. The summed E-state index contributed by atoms with van der Waals surface area (Å²) in [5, 5.41) is 8.54. The summed E-state index contributed by atoms with van der Waals surface area (Å²) in [4.78, 5) is 23.2. The van der Waals surface area contributed by atoms with E-state index in [1.807, 2.05) is 127 Å². The molecule has 202 valence electrons. The standard InChI is InChI=1S/2C14H12O2.C7H8O/c2*15-14(13-9-5-2-6-10-13)16-11-12-7-3-1-4-8-12;8-6-7-4-2-1-3-5-7/h2*1-10H,11H2;1-5,8H,6H2. The molecule has 0 heterocycles. The molecule has 0 aliphatic rings. The molecular formula is C35H32O5. The van der Waals surface area contributed by atoms with Gasteiger partial charge in [-0.25, -0.2) is 9.59 Å². The van der Waals surface area contributed by atoms with Gasteiger partial charge in [0.05, 0.1) is 17.7 Å². The van der Waals surface area contributed by atoms with E-state index < -0.39 is 0 Å². The summed E-state index contributed by atoms with van der Waals surface area (Å²) in [6, 6.07) is 46.8. The average Bonchev–Trinajstić information content (AvgIpc) is 3.05. The van der Waals surface area contributed by atoms with Crippen LogP contribution in [0.2, 0.25) is 0 Å². The molecule has 0 saturated carbocycles. The highest BCUT2D eigenvalue weighted by Gasteiger charge is 2.06. The first-order valence-electron chi connectivity index (χ1n) is 12.8. The molecule has 0 saturated heterocycles. The Hall–Kier alpha value is -5.00. The van der Waals surface area contributed by atoms with Crippen molar-refractivity contribution in [2.45, 2.75) is 19.8 Å². The van der Waals surface area contributed by atoms with Crippen LogP contribution >= 0.6 is 0 Å². The fourth-order valence-electron chi connectivity index (χ4n) is 3.34. The van der Waals surface area contributed by atoms with Crippen molar-refractivity contribution in [1.29, 1.82) is 0 Å². The number of esters is 2. The Morgan fingerprint density at radius 2 is 0.700 bits per heavy atom. The molecule has 40 heavy (non-hydrogen) atoms. The van der Waals surface area contributed by atoms with Gasteiger partial charge in [-0.1, -0.05) is 127 Å². The number of aliphatic hydroxyl groups excluding tert-OH is 1. The highest BCUT2D eigenvalue weighted by Crippen LogP contribution is 2.07. The third-order valence-corrected chi connectivity index (χ3v) is 5.47. The molecule has 0 fully saturated rings. The third kappa shape index (κ3) is 11.2. The SMILES string of the molecule is O=C(OCc1ccccc1)c1ccccc1.O=C(OCc1ccccc1)c1ccccc1.OCc1ccccc1. The van der Waals surface area contributed by atoms with Crippen molar-refractivity contribution in [2.75, 3.05) is 0 Å². The number of carbonyl (C=O) groups is 2. The lowest BCUT2D eigenvalue weighted by molar-refractivity contribution is 0.0464. The maximum absolute atomic E-state index is 11.6.